The molecule has 1 saturated heterocycles. The van der Waals surface area contributed by atoms with Crippen LogP contribution in [0.5, 0.6) is 0 Å². The molecule has 1 aliphatic rings. The first-order chi connectivity index (χ1) is 8.72. The van der Waals surface area contributed by atoms with E-state index in [1.165, 1.54) is 0 Å². The van der Waals surface area contributed by atoms with Crippen molar-refractivity contribution in [3.05, 3.63) is 29.0 Å². The van der Waals surface area contributed by atoms with Crippen LogP contribution in [0, 0.1) is 0 Å². The quantitative estimate of drug-likeness (QED) is 0.914. The van der Waals surface area contributed by atoms with Gasteiger partial charge in [-0.3, -0.25) is 9.78 Å². The molecule has 0 radical (unpaired) electrons. The van der Waals surface area contributed by atoms with Crippen molar-refractivity contribution in [1.29, 1.82) is 0 Å². The Kier molecular flexibility index (Phi) is 4.55. The second-order valence-corrected chi connectivity index (χ2v) is 4.96. The van der Waals surface area contributed by atoms with Crippen molar-refractivity contribution in [2.24, 2.45) is 0 Å². The van der Waals surface area contributed by atoms with Crippen LogP contribution in [-0.2, 0) is 0 Å². The number of rotatable bonds is 3. The Bertz CT molecular complexity index is 423. The minimum atomic E-state index is -0.0874. The van der Waals surface area contributed by atoms with Crippen LogP contribution in [0.25, 0.3) is 0 Å². The average Bonchev–Trinajstić information content (AvgIpc) is 2.39. The number of carbonyl (C=O) groups excluding carboxylic acids is 1. The third-order valence-corrected chi connectivity index (χ3v) is 3.53. The summed E-state index contributed by atoms with van der Waals surface area (Å²) in [6, 6.07) is 3.37. The predicted molar refractivity (Wildman–Crippen MR) is 69.6 cm³/mol. The lowest BCUT2D eigenvalue weighted by atomic mass is 9.99. The van der Waals surface area contributed by atoms with Gasteiger partial charge in [0.15, 0.2) is 0 Å². The van der Waals surface area contributed by atoms with E-state index < -0.39 is 0 Å². The number of aliphatic hydroxyl groups is 1. The Balaban J connectivity index is 2.15. The molecule has 1 unspecified atom stereocenters. The van der Waals surface area contributed by atoms with Crippen LogP contribution >= 0.6 is 11.6 Å². The second kappa shape index (κ2) is 6.16. The Morgan fingerprint density at radius 3 is 3.11 bits per heavy atom. The molecule has 18 heavy (non-hydrogen) atoms. The number of carbonyl (C=O) groups is 1. The summed E-state index contributed by atoms with van der Waals surface area (Å²) >= 11 is 5.87. The highest BCUT2D eigenvalue weighted by Crippen LogP contribution is 2.22. The summed E-state index contributed by atoms with van der Waals surface area (Å²) in [5.41, 5.74) is 0.382. The number of halogens is 1. The number of likely N-dealkylation sites (tertiary alicyclic amines) is 1. The first-order valence-corrected chi connectivity index (χ1v) is 6.63. The van der Waals surface area contributed by atoms with Gasteiger partial charge in [0.25, 0.3) is 5.91 Å². The molecule has 2 heterocycles. The molecule has 0 saturated carbocycles. The van der Waals surface area contributed by atoms with Gasteiger partial charge in [0, 0.05) is 30.4 Å². The molecular formula is C13H17ClN2O2. The van der Waals surface area contributed by atoms with Gasteiger partial charge in [0.2, 0.25) is 0 Å². The second-order valence-electron chi connectivity index (χ2n) is 4.52. The monoisotopic (exact) mass is 268 g/mol. The van der Waals surface area contributed by atoms with E-state index in [1.807, 2.05) is 4.90 Å². The van der Waals surface area contributed by atoms with Gasteiger partial charge < -0.3 is 10.0 Å². The van der Waals surface area contributed by atoms with Gasteiger partial charge in [0.05, 0.1) is 0 Å². The smallest absolute Gasteiger partial charge is 0.272 e. The summed E-state index contributed by atoms with van der Waals surface area (Å²) in [5.74, 6) is -0.0874. The lowest BCUT2D eigenvalue weighted by Crippen LogP contribution is -2.44. The molecule has 1 aromatic heterocycles. The van der Waals surface area contributed by atoms with E-state index in [4.69, 9.17) is 16.7 Å². The summed E-state index contributed by atoms with van der Waals surface area (Å²) in [5, 5.41) is 9.58. The Morgan fingerprint density at radius 2 is 2.39 bits per heavy atom. The summed E-state index contributed by atoms with van der Waals surface area (Å²) in [6.07, 6.45) is 5.24. The maximum Gasteiger partial charge on any atom is 0.272 e. The Hall–Kier alpha value is -1.13. The lowest BCUT2D eigenvalue weighted by Gasteiger charge is -2.35. The van der Waals surface area contributed by atoms with Crippen LogP contribution in [0.3, 0.4) is 0 Å². The lowest BCUT2D eigenvalue weighted by molar-refractivity contribution is 0.0568. The van der Waals surface area contributed by atoms with Crippen LogP contribution in [0.1, 0.15) is 36.2 Å². The molecule has 0 bridgehead atoms. The summed E-state index contributed by atoms with van der Waals surface area (Å²) in [4.78, 5) is 18.2. The minimum absolute atomic E-state index is 0.0874. The van der Waals surface area contributed by atoms with Crippen molar-refractivity contribution >= 4 is 17.5 Å². The maximum atomic E-state index is 12.4. The zero-order valence-corrected chi connectivity index (χ0v) is 10.9. The van der Waals surface area contributed by atoms with Crippen LogP contribution in [0.15, 0.2) is 18.3 Å². The summed E-state index contributed by atoms with van der Waals surface area (Å²) in [6.45, 7) is 0.842. The largest absolute Gasteiger partial charge is 0.396 e. The standard InChI is InChI=1S/C13H17ClN2O2/c14-10-4-6-15-12(9-10)13(18)16-7-2-1-3-11(16)5-8-17/h4,6,9,11,17H,1-3,5,7-8H2. The molecule has 0 spiro atoms. The molecule has 1 atom stereocenters. The number of piperidine rings is 1. The van der Waals surface area contributed by atoms with Crippen molar-refractivity contribution < 1.29 is 9.90 Å². The topological polar surface area (TPSA) is 53.4 Å². The Labute approximate surface area is 112 Å². The minimum Gasteiger partial charge on any atom is -0.396 e. The van der Waals surface area contributed by atoms with E-state index in [0.29, 0.717) is 17.1 Å². The van der Waals surface area contributed by atoms with Crippen molar-refractivity contribution in [3.8, 4) is 0 Å². The first-order valence-electron chi connectivity index (χ1n) is 6.26. The van der Waals surface area contributed by atoms with Gasteiger partial charge in [-0.25, -0.2) is 0 Å². The summed E-state index contributed by atoms with van der Waals surface area (Å²) < 4.78 is 0. The number of amides is 1. The van der Waals surface area contributed by atoms with E-state index in [2.05, 4.69) is 4.98 Å². The SMILES string of the molecule is O=C(c1cc(Cl)ccn1)N1CCCCC1CCO. The molecular weight excluding hydrogens is 252 g/mol. The number of pyridine rings is 1. The number of aromatic nitrogens is 1. The fourth-order valence-electron chi connectivity index (χ4n) is 2.39. The zero-order valence-electron chi connectivity index (χ0n) is 10.2. The maximum absolute atomic E-state index is 12.4. The van der Waals surface area contributed by atoms with Crippen molar-refractivity contribution in [2.45, 2.75) is 31.7 Å². The van der Waals surface area contributed by atoms with E-state index in [-0.39, 0.29) is 18.6 Å². The van der Waals surface area contributed by atoms with Crippen LogP contribution in [-0.4, -0.2) is 40.1 Å². The van der Waals surface area contributed by atoms with Gasteiger partial charge in [-0.05, 0) is 37.8 Å². The highest BCUT2D eigenvalue weighted by atomic mass is 35.5. The fraction of sp³-hybridized carbons (Fsp3) is 0.538. The number of nitrogens with zero attached hydrogens (tertiary/aromatic N) is 2. The highest BCUT2D eigenvalue weighted by molar-refractivity contribution is 6.30. The van der Waals surface area contributed by atoms with Crippen molar-refractivity contribution in [1.82, 2.24) is 9.88 Å². The molecule has 5 heteroatoms. The van der Waals surface area contributed by atoms with E-state index in [9.17, 15) is 4.79 Å². The molecule has 1 aliphatic heterocycles. The van der Waals surface area contributed by atoms with Crippen molar-refractivity contribution in [2.75, 3.05) is 13.2 Å². The first kappa shape index (κ1) is 13.3. The molecule has 0 aromatic carbocycles. The molecule has 2 rings (SSSR count). The van der Waals surface area contributed by atoms with E-state index in [0.717, 1.165) is 25.8 Å². The molecule has 98 valence electrons. The Morgan fingerprint density at radius 1 is 1.56 bits per heavy atom. The van der Waals surface area contributed by atoms with Crippen LogP contribution < -0.4 is 0 Å². The third kappa shape index (κ3) is 3.00. The molecule has 1 fully saturated rings. The third-order valence-electron chi connectivity index (χ3n) is 3.29. The van der Waals surface area contributed by atoms with Crippen LogP contribution in [0.4, 0.5) is 0 Å². The molecule has 0 aliphatic carbocycles. The van der Waals surface area contributed by atoms with Gasteiger partial charge in [-0.2, -0.15) is 0 Å². The number of hydrogen-bond acceptors (Lipinski definition) is 3. The highest BCUT2D eigenvalue weighted by Gasteiger charge is 2.27. The average molecular weight is 269 g/mol. The summed E-state index contributed by atoms with van der Waals surface area (Å²) in [7, 11) is 0. The van der Waals surface area contributed by atoms with Gasteiger partial charge in [-0.15, -0.1) is 0 Å². The molecule has 1 amide bonds. The number of aliphatic hydroxyl groups excluding tert-OH is 1. The molecule has 1 aromatic rings. The van der Waals surface area contributed by atoms with Gasteiger partial charge >= 0.3 is 0 Å². The number of hydrogen-bond donors (Lipinski definition) is 1. The fourth-order valence-corrected chi connectivity index (χ4v) is 2.55. The molecule has 1 N–H and O–H groups in total. The van der Waals surface area contributed by atoms with Gasteiger partial charge in [0.1, 0.15) is 5.69 Å². The predicted octanol–water partition coefficient (Wildman–Crippen LogP) is 2.11. The zero-order chi connectivity index (χ0) is 13.0. The van der Waals surface area contributed by atoms with E-state index in [1.54, 1.807) is 18.3 Å². The molecule has 4 nitrogen and oxygen atoms in total. The van der Waals surface area contributed by atoms with Crippen LogP contribution in [0.2, 0.25) is 5.02 Å². The van der Waals surface area contributed by atoms with Gasteiger partial charge in [-0.1, -0.05) is 11.6 Å². The van der Waals surface area contributed by atoms with E-state index >= 15 is 0 Å². The normalized spacial score (nSPS) is 19.9. The van der Waals surface area contributed by atoms with Crippen molar-refractivity contribution in [3.63, 3.8) is 0 Å².